The highest BCUT2D eigenvalue weighted by Gasteiger charge is 2.36. The lowest BCUT2D eigenvalue weighted by atomic mass is 9.89. The molecular formula is C26H22N6O3. The summed E-state index contributed by atoms with van der Waals surface area (Å²) >= 11 is 0. The third-order valence-corrected chi connectivity index (χ3v) is 5.86. The third kappa shape index (κ3) is 4.26. The Morgan fingerprint density at radius 1 is 1.03 bits per heavy atom. The van der Waals surface area contributed by atoms with Gasteiger partial charge in [0, 0.05) is 11.3 Å². The highest BCUT2D eigenvalue weighted by Crippen LogP contribution is 2.39. The predicted octanol–water partition coefficient (Wildman–Crippen LogP) is 3.47. The number of nitrogens with one attached hydrogen (secondary N) is 1. The molecule has 0 bridgehead atoms. The van der Waals surface area contributed by atoms with E-state index < -0.39 is 17.9 Å². The monoisotopic (exact) mass is 466 g/mol. The minimum absolute atomic E-state index is 0.133. The summed E-state index contributed by atoms with van der Waals surface area (Å²) in [7, 11) is 0. The van der Waals surface area contributed by atoms with Crippen LogP contribution in [-0.4, -0.2) is 32.1 Å². The van der Waals surface area contributed by atoms with Gasteiger partial charge in [-0.25, -0.2) is 4.79 Å². The molecular weight excluding hydrogens is 444 g/mol. The smallest absolute Gasteiger partial charge is 0.338 e. The number of fused-ring (bicyclic) bond motifs is 1. The molecule has 0 unspecified atom stereocenters. The Morgan fingerprint density at radius 3 is 2.60 bits per heavy atom. The number of allylic oxidation sites excluding steroid dienone is 1. The Morgan fingerprint density at radius 2 is 1.80 bits per heavy atom. The number of nitrogens with two attached hydrogens (primary N) is 1. The molecule has 9 nitrogen and oxygen atoms in total. The second-order valence-electron chi connectivity index (χ2n) is 8.11. The lowest BCUT2D eigenvalue weighted by Crippen LogP contribution is -2.30. The zero-order valence-electron chi connectivity index (χ0n) is 18.9. The molecule has 1 atom stereocenters. The number of anilines is 1. The van der Waals surface area contributed by atoms with E-state index in [1.54, 1.807) is 29.8 Å². The van der Waals surface area contributed by atoms with E-state index in [4.69, 9.17) is 10.5 Å². The quantitative estimate of drug-likeness (QED) is 0.417. The van der Waals surface area contributed by atoms with E-state index in [0.29, 0.717) is 22.8 Å². The number of aromatic nitrogens is 4. The van der Waals surface area contributed by atoms with E-state index >= 15 is 0 Å². The topological polar surface area (TPSA) is 125 Å². The van der Waals surface area contributed by atoms with Gasteiger partial charge in [-0.05, 0) is 51.7 Å². The van der Waals surface area contributed by atoms with E-state index in [0.717, 1.165) is 22.3 Å². The van der Waals surface area contributed by atoms with Crippen molar-refractivity contribution >= 4 is 17.8 Å². The van der Waals surface area contributed by atoms with Gasteiger partial charge in [0.1, 0.15) is 12.6 Å². The molecule has 3 N–H and O–H groups in total. The zero-order chi connectivity index (χ0) is 24.4. The van der Waals surface area contributed by atoms with Crippen molar-refractivity contribution in [3.63, 3.8) is 0 Å². The van der Waals surface area contributed by atoms with Crippen LogP contribution in [0.5, 0.6) is 0 Å². The molecule has 0 saturated heterocycles. The van der Waals surface area contributed by atoms with Crippen LogP contribution in [0.1, 0.15) is 34.5 Å². The first-order chi connectivity index (χ1) is 17.0. The summed E-state index contributed by atoms with van der Waals surface area (Å²) < 4.78 is 7.26. The van der Waals surface area contributed by atoms with E-state index in [-0.39, 0.29) is 6.61 Å². The molecule has 1 aromatic heterocycles. The average Bonchev–Trinajstić information content (AvgIpc) is 3.35. The number of carbonyl (C=O) groups excluding carboxylic acids is 2. The molecule has 1 aliphatic heterocycles. The summed E-state index contributed by atoms with van der Waals surface area (Å²) in [4.78, 5) is 25.2. The molecule has 5 rings (SSSR count). The van der Waals surface area contributed by atoms with Gasteiger partial charge in [0.15, 0.2) is 0 Å². The summed E-state index contributed by atoms with van der Waals surface area (Å²) in [5.74, 6) is -0.589. The Bertz CT molecular complexity index is 1440. The van der Waals surface area contributed by atoms with Crippen LogP contribution in [0.25, 0.3) is 11.1 Å². The van der Waals surface area contributed by atoms with Gasteiger partial charge >= 0.3 is 5.97 Å². The van der Waals surface area contributed by atoms with Crippen LogP contribution in [0.3, 0.4) is 0 Å². The molecule has 0 radical (unpaired) electrons. The van der Waals surface area contributed by atoms with Crippen molar-refractivity contribution in [2.24, 2.45) is 5.73 Å². The number of primary amides is 1. The minimum Gasteiger partial charge on any atom is -0.457 e. The maximum atomic E-state index is 13.4. The highest BCUT2D eigenvalue weighted by molar-refractivity contribution is 5.95. The number of esters is 1. The maximum absolute atomic E-state index is 13.4. The number of hydrogen-bond acceptors (Lipinski definition) is 7. The largest absolute Gasteiger partial charge is 0.457 e. The van der Waals surface area contributed by atoms with Crippen molar-refractivity contribution in [1.29, 1.82) is 0 Å². The number of benzene rings is 3. The average molecular weight is 467 g/mol. The Balaban J connectivity index is 1.59. The zero-order valence-corrected chi connectivity index (χ0v) is 18.9. The molecule has 0 aliphatic carbocycles. The number of tetrazole rings is 1. The molecule has 2 heterocycles. The van der Waals surface area contributed by atoms with Crippen LogP contribution >= 0.6 is 0 Å². The third-order valence-electron chi connectivity index (χ3n) is 5.86. The van der Waals surface area contributed by atoms with Crippen molar-refractivity contribution < 1.29 is 14.3 Å². The van der Waals surface area contributed by atoms with E-state index in [9.17, 15) is 9.59 Å². The van der Waals surface area contributed by atoms with Gasteiger partial charge in [-0.15, -0.1) is 0 Å². The molecule has 0 spiro atoms. The number of ether oxygens (including phenoxy) is 1. The van der Waals surface area contributed by atoms with Gasteiger partial charge in [-0.2, -0.15) is 4.68 Å². The number of nitrogens with zero attached hydrogens (tertiary/aromatic N) is 4. The number of carbonyl (C=O) groups is 2. The van der Waals surface area contributed by atoms with Crippen molar-refractivity contribution in [1.82, 2.24) is 20.2 Å². The molecule has 35 heavy (non-hydrogen) atoms. The summed E-state index contributed by atoms with van der Waals surface area (Å²) in [5.41, 5.74) is 10.1. The van der Waals surface area contributed by atoms with Crippen LogP contribution in [0.2, 0.25) is 0 Å². The Kier molecular flexibility index (Phi) is 5.80. The van der Waals surface area contributed by atoms with Crippen molar-refractivity contribution in [2.75, 3.05) is 5.32 Å². The van der Waals surface area contributed by atoms with Gasteiger partial charge in [0.05, 0.1) is 5.57 Å². The minimum atomic E-state index is -0.655. The fourth-order valence-electron chi connectivity index (χ4n) is 4.20. The summed E-state index contributed by atoms with van der Waals surface area (Å²) in [6.45, 7) is 1.93. The number of amides is 1. The molecule has 3 aromatic carbocycles. The lowest BCUT2D eigenvalue weighted by molar-refractivity contribution is -0.140. The van der Waals surface area contributed by atoms with Crippen LogP contribution in [0.15, 0.2) is 90.1 Å². The first-order valence-corrected chi connectivity index (χ1v) is 11.0. The molecule has 0 saturated carbocycles. The summed E-state index contributed by atoms with van der Waals surface area (Å²) in [5, 5.41) is 15.1. The van der Waals surface area contributed by atoms with Crippen molar-refractivity contribution in [3.05, 3.63) is 107 Å². The molecule has 9 heteroatoms. The second-order valence-corrected chi connectivity index (χ2v) is 8.11. The molecule has 1 amide bonds. The van der Waals surface area contributed by atoms with Crippen molar-refractivity contribution in [2.45, 2.75) is 19.6 Å². The Hall–Kier alpha value is -4.79. The molecule has 0 fully saturated rings. The standard InChI is InChI=1S/C26H22N6O3/c1-16-22(25(34)35-15-17-8-3-2-4-9-17)23(32-26(28-16)29-30-31-32)21-13-6-5-12-20(21)18-10-7-11-19(14-18)24(27)33/h2-14,23H,15H2,1H3,(H2,27,33)(H,28,29,31)/t23-/m1/s1. The van der Waals surface area contributed by atoms with Crippen LogP contribution in [0, 0.1) is 0 Å². The first kappa shape index (κ1) is 22.0. The summed E-state index contributed by atoms with van der Waals surface area (Å²) in [6, 6.07) is 23.5. The lowest BCUT2D eigenvalue weighted by Gasteiger charge is -2.29. The van der Waals surface area contributed by atoms with Gasteiger partial charge < -0.3 is 15.8 Å². The van der Waals surface area contributed by atoms with Gasteiger partial charge in [-0.3, -0.25) is 4.79 Å². The van der Waals surface area contributed by atoms with Crippen LogP contribution in [-0.2, 0) is 16.1 Å². The second kappa shape index (κ2) is 9.22. The van der Waals surface area contributed by atoms with E-state index in [1.165, 1.54) is 0 Å². The fourth-order valence-corrected chi connectivity index (χ4v) is 4.20. The number of hydrogen-bond donors (Lipinski definition) is 2. The number of rotatable bonds is 6. The van der Waals surface area contributed by atoms with Gasteiger partial charge in [0.25, 0.3) is 0 Å². The van der Waals surface area contributed by atoms with Crippen LogP contribution in [0.4, 0.5) is 5.95 Å². The maximum Gasteiger partial charge on any atom is 0.338 e. The highest BCUT2D eigenvalue weighted by atomic mass is 16.5. The van der Waals surface area contributed by atoms with Gasteiger partial charge in [0.2, 0.25) is 11.9 Å². The molecule has 1 aliphatic rings. The SMILES string of the molecule is CC1=C(C(=O)OCc2ccccc2)[C@@H](c2ccccc2-c2cccc(C(N)=O)c2)n2nnnc2N1. The van der Waals surface area contributed by atoms with Gasteiger partial charge in [-0.1, -0.05) is 71.8 Å². The first-order valence-electron chi connectivity index (χ1n) is 11.0. The predicted molar refractivity (Wildman–Crippen MR) is 129 cm³/mol. The normalized spacial score (nSPS) is 14.7. The molecule has 4 aromatic rings. The summed E-state index contributed by atoms with van der Waals surface area (Å²) in [6.07, 6.45) is 0. The van der Waals surface area contributed by atoms with Crippen LogP contribution < -0.4 is 11.1 Å². The van der Waals surface area contributed by atoms with Crippen molar-refractivity contribution in [3.8, 4) is 11.1 Å². The Labute approximate surface area is 201 Å². The van der Waals surface area contributed by atoms with E-state index in [2.05, 4.69) is 20.8 Å². The molecule has 174 valence electrons. The van der Waals surface area contributed by atoms with E-state index in [1.807, 2.05) is 60.7 Å². The fraction of sp³-hybridized carbons (Fsp3) is 0.115.